The van der Waals surface area contributed by atoms with Crippen LogP contribution < -0.4 is 5.32 Å². The maximum absolute atomic E-state index is 5.31. The Bertz CT molecular complexity index is 208. The molecule has 1 unspecified atom stereocenters. The van der Waals surface area contributed by atoms with E-state index in [0.29, 0.717) is 11.5 Å². The Morgan fingerprint density at radius 3 is 2.21 bits per heavy atom. The summed E-state index contributed by atoms with van der Waals surface area (Å²) in [5.74, 6) is 0. The SMILES string of the molecule is CCC(CC)(CNC)CN(CCOC)C(C)COC. The number of nitrogens with zero attached hydrogens (tertiary/aromatic N) is 1. The first-order valence-electron chi connectivity index (χ1n) is 7.45. The van der Waals surface area contributed by atoms with Crippen LogP contribution in [-0.2, 0) is 9.47 Å². The highest BCUT2D eigenvalue weighted by Crippen LogP contribution is 2.27. The van der Waals surface area contributed by atoms with Crippen LogP contribution >= 0.6 is 0 Å². The van der Waals surface area contributed by atoms with Gasteiger partial charge < -0.3 is 14.8 Å². The second kappa shape index (κ2) is 10.6. The van der Waals surface area contributed by atoms with Crippen LogP contribution in [0.1, 0.15) is 33.6 Å². The number of methoxy groups -OCH3 is 2. The quantitative estimate of drug-likeness (QED) is 0.590. The smallest absolute Gasteiger partial charge is 0.0615 e. The van der Waals surface area contributed by atoms with Gasteiger partial charge in [-0.05, 0) is 32.2 Å². The van der Waals surface area contributed by atoms with Crippen LogP contribution in [0.25, 0.3) is 0 Å². The van der Waals surface area contributed by atoms with Crippen LogP contribution in [0.2, 0.25) is 0 Å². The molecule has 0 aliphatic rings. The largest absolute Gasteiger partial charge is 0.383 e. The predicted molar refractivity (Wildman–Crippen MR) is 81.7 cm³/mol. The van der Waals surface area contributed by atoms with Crippen molar-refractivity contribution in [3.8, 4) is 0 Å². The lowest BCUT2D eigenvalue weighted by Crippen LogP contribution is -2.48. The highest BCUT2D eigenvalue weighted by Gasteiger charge is 2.29. The summed E-state index contributed by atoms with van der Waals surface area (Å²) < 4.78 is 10.6. The van der Waals surface area contributed by atoms with Gasteiger partial charge in [0.2, 0.25) is 0 Å². The summed E-state index contributed by atoms with van der Waals surface area (Å²) in [6.07, 6.45) is 2.38. The van der Waals surface area contributed by atoms with Gasteiger partial charge in [-0.25, -0.2) is 0 Å². The molecule has 0 aromatic heterocycles. The van der Waals surface area contributed by atoms with Gasteiger partial charge in [0.05, 0.1) is 13.2 Å². The lowest BCUT2D eigenvalue weighted by molar-refractivity contribution is 0.0401. The average molecular weight is 274 g/mol. The van der Waals surface area contributed by atoms with E-state index in [9.17, 15) is 0 Å². The fourth-order valence-corrected chi connectivity index (χ4v) is 2.60. The zero-order valence-electron chi connectivity index (χ0n) is 13.8. The third-order valence-electron chi connectivity index (χ3n) is 4.20. The van der Waals surface area contributed by atoms with Crippen LogP contribution in [0.5, 0.6) is 0 Å². The van der Waals surface area contributed by atoms with E-state index >= 15 is 0 Å². The molecule has 0 heterocycles. The van der Waals surface area contributed by atoms with Gasteiger partial charge in [0, 0.05) is 39.9 Å². The summed E-state index contributed by atoms with van der Waals surface area (Å²) in [7, 11) is 5.57. The lowest BCUT2D eigenvalue weighted by atomic mass is 9.81. The highest BCUT2D eigenvalue weighted by atomic mass is 16.5. The van der Waals surface area contributed by atoms with E-state index in [4.69, 9.17) is 9.47 Å². The van der Waals surface area contributed by atoms with Crippen molar-refractivity contribution in [2.24, 2.45) is 5.41 Å². The summed E-state index contributed by atoms with van der Waals surface area (Å²) in [4.78, 5) is 2.50. The molecule has 0 fully saturated rings. The molecule has 0 amide bonds. The van der Waals surface area contributed by atoms with Gasteiger partial charge in [0.25, 0.3) is 0 Å². The van der Waals surface area contributed by atoms with Crippen molar-refractivity contribution in [1.82, 2.24) is 10.2 Å². The molecule has 1 N–H and O–H groups in total. The molecular weight excluding hydrogens is 240 g/mol. The molecule has 19 heavy (non-hydrogen) atoms. The molecule has 0 aliphatic carbocycles. The first-order valence-corrected chi connectivity index (χ1v) is 7.45. The molecule has 0 rings (SSSR count). The second-order valence-electron chi connectivity index (χ2n) is 5.51. The van der Waals surface area contributed by atoms with Gasteiger partial charge in [-0.3, -0.25) is 4.90 Å². The van der Waals surface area contributed by atoms with Crippen LogP contribution in [0.15, 0.2) is 0 Å². The molecule has 0 radical (unpaired) electrons. The molecule has 0 saturated heterocycles. The molecule has 0 aromatic carbocycles. The average Bonchev–Trinajstić information content (AvgIpc) is 2.42. The van der Waals surface area contributed by atoms with Gasteiger partial charge in [-0.2, -0.15) is 0 Å². The van der Waals surface area contributed by atoms with Crippen molar-refractivity contribution in [3.05, 3.63) is 0 Å². The fraction of sp³-hybridized carbons (Fsp3) is 1.00. The minimum atomic E-state index is 0.338. The van der Waals surface area contributed by atoms with Crippen LogP contribution in [-0.4, -0.2) is 65.1 Å². The van der Waals surface area contributed by atoms with Gasteiger partial charge in [-0.15, -0.1) is 0 Å². The zero-order valence-corrected chi connectivity index (χ0v) is 13.8. The summed E-state index contributed by atoms with van der Waals surface area (Å²) in [6, 6.07) is 0.425. The number of ether oxygens (including phenoxy) is 2. The number of nitrogens with one attached hydrogen (secondary N) is 1. The Balaban J connectivity index is 4.72. The Labute approximate surface area is 119 Å². The summed E-state index contributed by atoms with van der Waals surface area (Å²) in [5.41, 5.74) is 0.338. The molecular formula is C15H34N2O2. The van der Waals surface area contributed by atoms with E-state index in [0.717, 1.165) is 32.8 Å². The molecule has 4 nitrogen and oxygen atoms in total. The second-order valence-corrected chi connectivity index (χ2v) is 5.51. The molecule has 0 saturated carbocycles. The van der Waals surface area contributed by atoms with Crippen LogP contribution in [0.4, 0.5) is 0 Å². The maximum Gasteiger partial charge on any atom is 0.0615 e. The predicted octanol–water partition coefficient (Wildman–Crippen LogP) is 2.00. The summed E-state index contributed by atoms with van der Waals surface area (Å²) in [5, 5.41) is 3.35. The third kappa shape index (κ3) is 6.70. The van der Waals surface area contributed by atoms with Crippen molar-refractivity contribution in [1.29, 1.82) is 0 Å². The van der Waals surface area contributed by atoms with E-state index in [1.165, 1.54) is 12.8 Å². The minimum absolute atomic E-state index is 0.338. The van der Waals surface area contributed by atoms with Crippen molar-refractivity contribution in [2.45, 2.75) is 39.7 Å². The number of hydrogen-bond acceptors (Lipinski definition) is 4. The Hall–Kier alpha value is -0.160. The van der Waals surface area contributed by atoms with E-state index in [1.807, 2.05) is 7.05 Å². The van der Waals surface area contributed by atoms with Gasteiger partial charge in [-0.1, -0.05) is 13.8 Å². The molecule has 4 heteroatoms. The highest BCUT2D eigenvalue weighted by molar-refractivity contribution is 4.84. The molecule has 0 aromatic rings. The molecule has 0 bridgehead atoms. The molecule has 0 spiro atoms. The Kier molecular flexibility index (Phi) is 10.5. The lowest BCUT2D eigenvalue weighted by Gasteiger charge is -2.39. The standard InChI is InChI=1S/C15H34N2O2/c1-7-15(8-2,12-16-4)13-17(9-10-18-5)14(3)11-19-6/h14,16H,7-13H2,1-6H3. The van der Waals surface area contributed by atoms with Gasteiger partial charge in [0.1, 0.15) is 0 Å². The van der Waals surface area contributed by atoms with Crippen LogP contribution in [0.3, 0.4) is 0 Å². The topological polar surface area (TPSA) is 33.7 Å². The normalized spacial score (nSPS) is 14.1. The fourth-order valence-electron chi connectivity index (χ4n) is 2.60. The molecule has 1 atom stereocenters. The van der Waals surface area contributed by atoms with Crippen LogP contribution in [0, 0.1) is 5.41 Å². The van der Waals surface area contributed by atoms with Gasteiger partial charge in [0.15, 0.2) is 0 Å². The molecule has 116 valence electrons. The van der Waals surface area contributed by atoms with E-state index in [-0.39, 0.29) is 0 Å². The third-order valence-corrected chi connectivity index (χ3v) is 4.20. The Morgan fingerprint density at radius 1 is 1.16 bits per heavy atom. The zero-order chi connectivity index (χ0) is 14.7. The van der Waals surface area contributed by atoms with Gasteiger partial charge >= 0.3 is 0 Å². The molecule has 0 aliphatic heterocycles. The Morgan fingerprint density at radius 2 is 1.79 bits per heavy atom. The summed E-state index contributed by atoms with van der Waals surface area (Å²) in [6.45, 7) is 11.5. The monoisotopic (exact) mass is 274 g/mol. The minimum Gasteiger partial charge on any atom is -0.383 e. The van der Waals surface area contributed by atoms with Crippen molar-refractivity contribution in [3.63, 3.8) is 0 Å². The summed E-state index contributed by atoms with van der Waals surface area (Å²) >= 11 is 0. The van der Waals surface area contributed by atoms with E-state index in [2.05, 4.69) is 31.0 Å². The first-order chi connectivity index (χ1) is 9.09. The number of rotatable bonds is 12. The van der Waals surface area contributed by atoms with E-state index in [1.54, 1.807) is 14.2 Å². The first kappa shape index (κ1) is 18.8. The number of hydrogen-bond donors (Lipinski definition) is 1. The maximum atomic E-state index is 5.31. The van der Waals surface area contributed by atoms with Crippen molar-refractivity contribution >= 4 is 0 Å². The van der Waals surface area contributed by atoms with Crippen molar-refractivity contribution < 1.29 is 9.47 Å². The van der Waals surface area contributed by atoms with Crippen molar-refractivity contribution in [2.75, 3.05) is 54.1 Å². The van der Waals surface area contributed by atoms with E-state index < -0.39 is 0 Å².